The van der Waals surface area contributed by atoms with Gasteiger partial charge in [-0.1, -0.05) is 25.0 Å². The van der Waals surface area contributed by atoms with Crippen molar-refractivity contribution in [2.24, 2.45) is 0 Å². The van der Waals surface area contributed by atoms with Crippen molar-refractivity contribution in [2.75, 3.05) is 26.2 Å². The molecule has 0 unspecified atom stereocenters. The molecule has 3 rings (SSSR count). The van der Waals surface area contributed by atoms with E-state index in [4.69, 9.17) is 0 Å². The van der Waals surface area contributed by atoms with E-state index in [-0.39, 0.29) is 0 Å². The van der Waals surface area contributed by atoms with Gasteiger partial charge in [-0.15, -0.1) is 0 Å². The highest BCUT2D eigenvalue weighted by Gasteiger charge is 2.16. The molecule has 1 saturated heterocycles. The van der Waals surface area contributed by atoms with E-state index in [9.17, 15) is 8.42 Å². The molecule has 1 aliphatic rings. The molecule has 136 valence electrons. The quantitative estimate of drug-likeness (QED) is 0.734. The second-order valence-electron chi connectivity index (χ2n) is 6.71. The van der Waals surface area contributed by atoms with E-state index in [1.807, 2.05) is 6.07 Å². The molecule has 0 radical (unpaired) electrons. The molecule has 5 nitrogen and oxygen atoms in total. The van der Waals surface area contributed by atoms with Crippen molar-refractivity contribution in [3.8, 4) is 0 Å². The molecule has 0 amide bonds. The van der Waals surface area contributed by atoms with Crippen LogP contribution in [0, 0.1) is 0 Å². The highest BCUT2D eigenvalue weighted by molar-refractivity contribution is 7.89. The van der Waals surface area contributed by atoms with E-state index < -0.39 is 10.0 Å². The van der Waals surface area contributed by atoms with E-state index in [2.05, 4.69) is 14.6 Å². The molecule has 2 aromatic rings. The summed E-state index contributed by atoms with van der Waals surface area (Å²) in [7, 11) is -3.48. The third-order valence-electron chi connectivity index (χ3n) is 4.82. The maximum absolute atomic E-state index is 12.6. The topological polar surface area (TPSA) is 62.3 Å². The second-order valence-corrected chi connectivity index (χ2v) is 8.45. The van der Waals surface area contributed by atoms with Crippen LogP contribution in [0.5, 0.6) is 0 Å². The smallest absolute Gasteiger partial charge is 0.241 e. The number of piperidine rings is 1. The molecule has 0 spiro atoms. The van der Waals surface area contributed by atoms with Gasteiger partial charge in [0, 0.05) is 29.7 Å². The van der Waals surface area contributed by atoms with Gasteiger partial charge in [0.05, 0.1) is 4.90 Å². The standard InChI is InChI=1S/C19H27N3O2S/c23-25(24,19-9-7-8-17-16-20-12-10-18(17)19)21-11-3-1-4-13-22-14-5-2-6-15-22/h7-10,12,16,21H,1-6,11,13-15H2. The third-order valence-corrected chi connectivity index (χ3v) is 6.34. The van der Waals surface area contributed by atoms with Gasteiger partial charge < -0.3 is 4.90 Å². The van der Waals surface area contributed by atoms with Gasteiger partial charge in [-0.25, -0.2) is 13.1 Å². The number of fused-ring (bicyclic) bond motifs is 1. The zero-order chi connectivity index (χ0) is 17.5. The minimum Gasteiger partial charge on any atom is -0.303 e. The van der Waals surface area contributed by atoms with Crippen molar-refractivity contribution in [3.63, 3.8) is 0 Å². The Labute approximate surface area is 150 Å². The molecular formula is C19H27N3O2S. The average molecular weight is 362 g/mol. The number of hydrogen-bond acceptors (Lipinski definition) is 4. The first-order valence-electron chi connectivity index (χ1n) is 9.21. The van der Waals surface area contributed by atoms with Crippen LogP contribution in [-0.4, -0.2) is 44.5 Å². The Hall–Kier alpha value is -1.50. The molecule has 6 heteroatoms. The summed E-state index contributed by atoms with van der Waals surface area (Å²) in [6.45, 7) is 4.08. The monoisotopic (exact) mass is 361 g/mol. The lowest BCUT2D eigenvalue weighted by Gasteiger charge is -2.26. The van der Waals surface area contributed by atoms with Crippen LogP contribution in [-0.2, 0) is 10.0 Å². The fraction of sp³-hybridized carbons (Fsp3) is 0.526. The number of aromatic nitrogens is 1. The van der Waals surface area contributed by atoms with Gasteiger partial charge in [0.25, 0.3) is 0 Å². The van der Waals surface area contributed by atoms with Crippen molar-refractivity contribution in [2.45, 2.75) is 43.4 Å². The Bertz CT molecular complexity index is 781. The summed E-state index contributed by atoms with van der Waals surface area (Å²) in [6, 6.07) is 7.04. The van der Waals surface area contributed by atoms with E-state index in [0.29, 0.717) is 11.4 Å². The Balaban J connectivity index is 1.47. The van der Waals surface area contributed by atoms with Crippen LogP contribution in [0.1, 0.15) is 38.5 Å². The average Bonchev–Trinajstić information content (AvgIpc) is 2.65. The lowest BCUT2D eigenvalue weighted by atomic mass is 10.1. The van der Waals surface area contributed by atoms with Crippen LogP contribution in [0.4, 0.5) is 0 Å². The fourth-order valence-corrected chi connectivity index (χ4v) is 4.73. The molecule has 1 fully saturated rings. The number of pyridine rings is 1. The summed E-state index contributed by atoms with van der Waals surface area (Å²) in [5.41, 5.74) is 0. The SMILES string of the molecule is O=S(=O)(NCCCCCN1CCCCC1)c1cccc2cnccc12. The minimum absolute atomic E-state index is 0.334. The molecule has 2 heterocycles. The number of benzene rings is 1. The molecule has 25 heavy (non-hydrogen) atoms. The summed E-state index contributed by atoms with van der Waals surface area (Å²) >= 11 is 0. The van der Waals surface area contributed by atoms with E-state index in [1.165, 1.54) is 32.4 Å². The molecule has 0 aliphatic carbocycles. The number of rotatable bonds is 8. The molecule has 1 aromatic carbocycles. The fourth-order valence-electron chi connectivity index (χ4n) is 3.43. The lowest BCUT2D eigenvalue weighted by Crippen LogP contribution is -2.30. The van der Waals surface area contributed by atoms with Gasteiger partial charge in [0.2, 0.25) is 10.0 Å². The Morgan fingerprint density at radius 1 is 1.04 bits per heavy atom. The highest BCUT2D eigenvalue weighted by atomic mass is 32.2. The van der Waals surface area contributed by atoms with Crippen LogP contribution < -0.4 is 4.72 Å². The van der Waals surface area contributed by atoms with Gasteiger partial charge in [-0.05, 0) is 57.5 Å². The molecule has 1 aliphatic heterocycles. The van der Waals surface area contributed by atoms with Gasteiger partial charge in [-0.2, -0.15) is 0 Å². The normalized spacial score (nSPS) is 16.3. The van der Waals surface area contributed by atoms with Crippen molar-refractivity contribution in [1.29, 1.82) is 0 Å². The van der Waals surface area contributed by atoms with Crippen LogP contribution in [0.25, 0.3) is 10.8 Å². The van der Waals surface area contributed by atoms with Crippen LogP contribution in [0.15, 0.2) is 41.6 Å². The lowest BCUT2D eigenvalue weighted by molar-refractivity contribution is 0.224. The maximum Gasteiger partial charge on any atom is 0.241 e. The molecule has 0 saturated carbocycles. The van der Waals surface area contributed by atoms with Crippen molar-refractivity contribution >= 4 is 20.8 Å². The van der Waals surface area contributed by atoms with Crippen LogP contribution in [0.2, 0.25) is 0 Å². The number of nitrogens with one attached hydrogen (secondary N) is 1. The zero-order valence-electron chi connectivity index (χ0n) is 14.7. The molecular weight excluding hydrogens is 334 g/mol. The first kappa shape index (κ1) is 18.3. The predicted molar refractivity (Wildman–Crippen MR) is 101 cm³/mol. The van der Waals surface area contributed by atoms with E-state index >= 15 is 0 Å². The van der Waals surface area contributed by atoms with Crippen LogP contribution in [0.3, 0.4) is 0 Å². The summed E-state index contributed by atoms with van der Waals surface area (Å²) in [5.74, 6) is 0. The maximum atomic E-state index is 12.6. The number of unbranched alkanes of at least 4 members (excludes halogenated alkanes) is 2. The molecule has 0 bridgehead atoms. The van der Waals surface area contributed by atoms with Crippen molar-refractivity contribution in [1.82, 2.24) is 14.6 Å². The number of sulfonamides is 1. The highest BCUT2D eigenvalue weighted by Crippen LogP contribution is 2.21. The summed E-state index contributed by atoms with van der Waals surface area (Å²) < 4.78 is 27.9. The molecule has 0 atom stereocenters. The third kappa shape index (κ3) is 5.00. The van der Waals surface area contributed by atoms with Crippen molar-refractivity contribution < 1.29 is 8.42 Å². The van der Waals surface area contributed by atoms with Gasteiger partial charge in [0.1, 0.15) is 0 Å². The van der Waals surface area contributed by atoms with Gasteiger partial charge >= 0.3 is 0 Å². The Morgan fingerprint density at radius 2 is 1.88 bits per heavy atom. The van der Waals surface area contributed by atoms with Crippen molar-refractivity contribution in [3.05, 3.63) is 36.7 Å². The largest absolute Gasteiger partial charge is 0.303 e. The van der Waals surface area contributed by atoms with Gasteiger partial charge in [-0.3, -0.25) is 4.98 Å². The number of hydrogen-bond donors (Lipinski definition) is 1. The van der Waals surface area contributed by atoms with E-state index in [0.717, 1.165) is 36.6 Å². The summed E-state index contributed by atoms with van der Waals surface area (Å²) in [6.07, 6.45) is 10.4. The summed E-state index contributed by atoms with van der Waals surface area (Å²) in [5, 5.41) is 1.56. The Kier molecular flexibility index (Phi) is 6.39. The van der Waals surface area contributed by atoms with E-state index in [1.54, 1.807) is 30.6 Å². The number of nitrogens with zero attached hydrogens (tertiary/aromatic N) is 2. The Morgan fingerprint density at radius 3 is 2.72 bits per heavy atom. The van der Waals surface area contributed by atoms with Crippen LogP contribution >= 0.6 is 0 Å². The minimum atomic E-state index is -3.48. The first-order valence-corrected chi connectivity index (χ1v) is 10.7. The second kappa shape index (κ2) is 8.74. The first-order chi connectivity index (χ1) is 12.2. The molecule has 1 aromatic heterocycles. The number of likely N-dealkylation sites (tertiary alicyclic amines) is 1. The van der Waals surface area contributed by atoms with Gasteiger partial charge in [0.15, 0.2) is 0 Å². The summed E-state index contributed by atoms with van der Waals surface area (Å²) in [4.78, 5) is 6.91. The molecule has 1 N–H and O–H groups in total. The zero-order valence-corrected chi connectivity index (χ0v) is 15.5. The predicted octanol–water partition coefficient (Wildman–Crippen LogP) is 3.17.